The zero-order chi connectivity index (χ0) is 19.1. The molecule has 0 saturated carbocycles. The van der Waals surface area contributed by atoms with Gasteiger partial charge in [0, 0.05) is 18.7 Å². The first kappa shape index (κ1) is 17.5. The number of fused-ring (bicyclic) bond motifs is 2. The molecule has 0 amide bonds. The Kier molecular flexibility index (Phi) is 4.45. The Hall–Kier alpha value is -2.57. The van der Waals surface area contributed by atoms with Gasteiger partial charge in [0.25, 0.3) is 5.56 Å². The van der Waals surface area contributed by atoms with Crippen LogP contribution in [0.5, 0.6) is 0 Å². The van der Waals surface area contributed by atoms with Crippen molar-refractivity contribution in [2.24, 2.45) is 0 Å². The molecule has 1 aliphatic heterocycles. The first-order valence-corrected chi connectivity index (χ1v) is 10.7. The lowest BCUT2D eigenvalue weighted by molar-refractivity contribution is -0.950. The standard InChI is InChI=1S/C22H22N4OS/c1-15-7-6-12-26-20(27)13-16(23-21(15)26)14-25-11-5-4-9-18(25)22-24-17-8-2-3-10-19(17)28-22/h2-3,6-8,10,12-13,18H,4-5,9,11,14H2,1H3/p+1/t18-/m1/s1. The Balaban J connectivity index is 1.50. The summed E-state index contributed by atoms with van der Waals surface area (Å²) in [5, 5.41) is 1.21. The van der Waals surface area contributed by atoms with Crippen LogP contribution in [-0.2, 0) is 6.54 Å². The quantitative estimate of drug-likeness (QED) is 0.584. The molecule has 1 aromatic carbocycles. The van der Waals surface area contributed by atoms with Gasteiger partial charge in [-0.15, -0.1) is 11.3 Å². The first-order valence-electron chi connectivity index (χ1n) is 9.87. The van der Waals surface area contributed by atoms with Crippen molar-refractivity contribution in [3.8, 4) is 0 Å². The number of likely N-dealkylation sites (tertiary alicyclic amines) is 1. The maximum Gasteiger partial charge on any atom is 0.258 e. The second-order valence-electron chi connectivity index (χ2n) is 7.62. The van der Waals surface area contributed by atoms with Crippen LogP contribution in [0.3, 0.4) is 0 Å². The van der Waals surface area contributed by atoms with E-state index >= 15 is 0 Å². The van der Waals surface area contributed by atoms with E-state index in [0.717, 1.165) is 41.9 Å². The highest BCUT2D eigenvalue weighted by atomic mass is 32.1. The number of aryl methyl sites for hydroxylation is 1. The number of hydrogen-bond acceptors (Lipinski definition) is 4. The minimum absolute atomic E-state index is 0.00311. The van der Waals surface area contributed by atoms with Crippen molar-refractivity contribution in [2.75, 3.05) is 6.54 Å². The molecular formula is C22H23N4OS+. The molecule has 0 aliphatic carbocycles. The molecule has 5 nitrogen and oxygen atoms in total. The normalized spacial score (nSPS) is 20.0. The molecule has 28 heavy (non-hydrogen) atoms. The summed E-state index contributed by atoms with van der Waals surface area (Å²) in [6, 6.07) is 14.3. The Morgan fingerprint density at radius 1 is 1.18 bits per heavy atom. The average Bonchev–Trinajstić information content (AvgIpc) is 3.13. The molecule has 5 rings (SSSR count). The van der Waals surface area contributed by atoms with Crippen LogP contribution in [-0.4, -0.2) is 20.9 Å². The lowest BCUT2D eigenvalue weighted by Crippen LogP contribution is -3.11. The highest BCUT2D eigenvalue weighted by Gasteiger charge is 2.31. The molecule has 1 saturated heterocycles. The fourth-order valence-corrected chi connectivity index (χ4v) is 5.42. The number of nitrogens with one attached hydrogen (secondary N) is 1. The number of thiazole rings is 1. The number of rotatable bonds is 3. The highest BCUT2D eigenvalue weighted by molar-refractivity contribution is 7.18. The Morgan fingerprint density at radius 2 is 2.07 bits per heavy atom. The smallest absolute Gasteiger partial charge is 0.258 e. The van der Waals surface area contributed by atoms with Gasteiger partial charge in [0.1, 0.15) is 23.9 Å². The maximum absolute atomic E-state index is 12.6. The number of aromatic nitrogens is 3. The van der Waals surface area contributed by atoms with Crippen molar-refractivity contribution in [1.82, 2.24) is 14.4 Å². The van der Waals surface area contributed by atoms with Crippen LogP contribution < -0.4 is 10.5 Å². The topological polar surface area (TPSA) is 51.7 Å². The second kappa shape index (κ2) is 7.11. The fourth-order valence-electron chi connectivity index (χ4n) is 4.26. The predicted octanol–water partition coefficient (Wildman–Crippen LogP) is 2.92. The zero-order valence-corrected chi connectivity index (χ0v) is 16.7. The molecule has 4 heterocycles. The summed E-state index contributed by atoms with van der Waals surface area (Å²) in [6.45, 7) is 3.86. The van der Waals surface area contributed by atoms with Gasteiger partial charge in [0.05, 0.1) is 16.8 Å². The van der Waals surface area contributed by atoms with Gasteiger partial charge < -0.3 is 4.90 Å². The predicted molar refractivity (Wildman–Crippen MR) is 112 cm³/mol. The minimum Gasteiger partial charge on any atom is -0.322 e. The van der Waals surface area contributed by atoms with Crippen LogP contribution in [0.25, 0.3) is 15.9 Å². The minimum atomic E-state index is -0.00311. The van der Waals surface area contributed by atoms with Crippen molar-refractivity contribution in [1.29, 1.82) is 0 Å². The van der Waals surface area contributed by atoms with E-state index in [1.54, 1.807) is 16.7 Å². The number of piperidine rings is 1. The third-order valence-corrected chi connectivity index (χ3v) is 6.84. The van der Waals surface area contributed by atoms with Gasteiger partial charge in [-0.1, -0.05) is 18.2 Å². The molecule has 0 spiro atoms. The van der Waals surface area contributed by atoms with Gasteiger partial charge in [-0.3, -0.25) is 9.20 Å². The Morgan fingerprint density at radius 3 is 2.96 bits per heavy atom. The summed E-state index contributed by atoms with van der Waals surface area (Å²) < 4.78 is 2.88. The van der Waals surface area contributed by atoms with Gasteiger partial charge in [0.15, 0.2) is 5.01 Å². The van der Waals surface area contributed by atoms with Gasteiger partial charge in [-0.05, 0) is 43.5 Å². The van der Waals surface area contributed by atoms with Crippen molar-refractivity contribution >= 4 is 27.2 Å². The average molecular weight is 392 g/mol. The maximum atomic E-state index is 12.6. The zero-order valence-electron chi connectivity index (χ0n) is 15.9. The SMILES string of the molecule is Cc1cccn2c(=O)cc(C[NH+]3CCCC[C@@H]3c3nc4ccccc4s3)nc12. The largest absolute Gasteiger partial charge is 0.322 e. The molecule has 3 aromatic heterocycles. The monoisotopic (exact) mass is 391 g/mol. The van der Waals surface area contributed by atoms with E-state index in [1.807, 2.05) is 36.5 Å². The number of quaternary nitrogens is 1. The van der Waals surface area contributed by atoms with Crippen LogP contribution in [0.15, 0.2) is 53.5 Å². The molecule has 0 radical (unpaired) electrons. The molecule has 142 valence electrons. The second-order valence-corrected chi connectivity index (χ2v) is 8.69. The van der Waals surface area contributed by atoms with E-state index in [9.17, 15) is 4.79 Å². The summed E-state index contributed by atoms with van der Waals surface area (Å²) in [7, 11) is 0. The summed E-state index contributed by atoms with van der Waals surface area (Å²) in [5.74, 6) is 0. The van der Waals surface area contributed by atoms with Crippen LogP contribution in [0.4, 0.5) is 0 Å². The molecular weight excluding hydrogens is 368 g/mol. The molecule has 1 N–H and O–H groups in total. The molecule has 0 bridgehead atoms. The number of pyridine rings is 1. The number of hydrogen-bond donors (Lipinski definition) is 1. The van der Waals surface area contributed by atoms with E-state index in [1.165, 1.54) is 27.4 Å². The number of para-hydroxylation sites is 1. The lowest BCUT2D eigenvalue weighted by Gasteiger charge is -2.31. The molecule has 4 aromatic rings. The van der Waals surface area contributed by atoms with Crippen LogP contribution in [0, 0.1) is 6.92 Å². The summed E-state index contributed by atoms with van der Waals surface area (Å²) in [6.07, 6.45) is 5.37. The van der Waals surface area contributed by atoms with E-state index in [4.69, 9.17) is 9.97 Å². The lowest BCUT2D eigenvalue weighted by atomic mass is 10.0. The third-order valence-electron chi connectivity index (χ3n) is 5.69. The van der Waals surface area contributed by atoms with Gasteiger partial charge in [-0.25, -0.2) is 9.97 Å². The summed E-state index contributed by atoms with van der Waals surface area (Å²) in [5.41, 5.74) is 3.75. The molecule has 1 unspecified atom stereocenters. The highest BCUT2D eigenvalue weighted by Crippen LogP contribution is 2.28. The first-order chi connectivity index (χ1) is 13.7. The van der Waals surface area contributed by atoms with E-state index in [0.29, 0.717) is 6.04 Å². The van der Waals surface area contributed by atoms with Gasteiger partial charge in [0.2, 0.25) is 0 Å². The molecule has 2 atom stereocenters. The molecule has 6 heteroatoms. The number of benzene rings is 1. The van der Waals surface area contributed by atoms with Crippen LogP contribution >= 0.6 is 11.3 Å². The number of nitrogens with zero attached hydrogens (tertiary/aromatic N) is 3. The van der Waals surface area contributed by atoms with Crippen LogP contribution in [0.1, 0.15) is 41.6 Å². The van der Waals surface area contributed by atoms with Crippen molar-refractivity contribution in [2.45, 2.75) is 38.8 Å². The van der Waals surface area contributed by atoms with E-state index in [2.05, 4.69) is 18.2 Å². The van der Waals surface area contributed by atoms with Gasteiger partial charge >= 0.3 is 0 Å². The van der Waals surface area contributed by atoms with Crippen LogP contribution in [0.2, 0.25) is 0 Å². The van der Waals surface area contributed by atoms with Crippen molar-refractivity contribution in [3.63, 3.8) is 0 Å². The van der Waals surface area contributed by atoms with Crippen molar-refractivity contribution in [3.05, 3.63) is 75.3 Å². The summed E-state index contributed by atoms with van der Waals surface area (Å²) in [4.78, 5) is 23.8. The van der Waals surface area contributed by atoms with E-state index < -0.39 is 0 Å². The Labute approximate surface area is 167 Å². The van der Waals surface area contributed by atoms with Crippen molar-refractivity contribution < 1.29 is 4.90 Å². The van der Waals surface area contributed by atoms with E-state index in [-0.39, 0.29) is 5.56 Å². The summed E-state index contributed by atoms with van der Waals surface area (Å²) >= 11 is 1.81. The molecule has 1 aliphatic rings. The third kappa shape index (κ3) is 3.12. The fraction of sp³-hybridized carbons (Fsp3) is 0.318. The van der Waals surface area contributed by atoms with Gasteiger partial charge in [-0.2, -0.15) is 0 Å². The Bertz CT molecular complexity index is 1180. The molecule has 1 fully saturated rings.